The second-order valence-electron chi connectivity index (χ2n) is 3.25. The molecule has 0 aliphatic heterocycles. The third-order valence-electron chi connectivity index (χ3n) is 2.13. The quantitative estimate of drug-likeness (QED) is 0.710. The van der Waals surface area contributed by atoms with Gasteiger partial charge in [0.15, 0.2) is 0 Å². The topological polar surface area (TPSA) is 37.4 Å². The van der Waals surface area contributed by atoms with E-state index in [4.69, 9.17) is 23.2 Å². The number of halogens is 3. The van der Waals surface area contributed by atoms with Gasteiger partial charge in [-0.2, -0.15) is 4.31 Å². The Morgan fingerprint density at radius 1 is 1.35 bits per heavy atom. The Balaban J connectivity index is 3.11. The van der Waals surface area contributed by atoms with Gasteiger partial charge in [0.2, 0.25) is 10.0 Å². The third-order valence-corrected chi connectivity index (χ3v) is 6.17. The van der Waals surface area contributed by atoms with Crippen LogP contribution in [0.15, 0.2) is 14.7 Å². The fourth-order valence-corrected chi connectivity index (χ4v) is 5.80. The number of alkyl halides is 2. The molecule has 0 spiro atoms. The molecule has 8 heteroatoms. The van der Waals surface area contributed by atoms with Crippen LogP contribution >= 0.6 is 50.5 Å². The summed E-state index contributed by atoms with van der Waals surface area (Å²) in [5, 5.41) is 0. The van der Waals surface area contributed by atoms with Gasteiger partial charge < -0.3 is 0 Å². The molecule has 1 rings (SSSR count). The second kappa shape index (κ2) is 6.73. The molecule has 0 fully saturated rings. The fraction of sp³-hybridized carbons (Fsp3) is 0.556. The average Bonchev–Trinajstić information content (AvgIpc) is 2.58. The van der Waals surface area contributed by atoms with Crippen LogP contribution in [0.4, 0.5) is 0 Å². The van der Waals surface area contributed by atoms with Gasteiger partial charge in [0.1, 0.15) is 0 Å². The van der Waals surface area contributed by atoms with Crippen molar-refractivity contribution in [2.75, 3.05) is 24.8 Å². The second-order valence-corrected chi connectivity index (χ2v) is 8.55. The Bertz CT molecular complexity index is 469. The maximum Gasteiger partial charge on any atom is 0.244 e. The number of rotatable bonds is 6. The molecule has 0 unspecified atom stereocenters. The van der Waals surface area contributed by atoms with Crippen molar-refractivity contribution in [2.45, 2.75) is 11.8 Å². The van der Waals surface area contributed by atoms with Crippen molar-refractivity contribution in [3.63, 3.8) is 0 Å². The summed E-state index contributed by atoms with van der Waals surface area (Å²) in [4.78, 5) is 1.08. The molecular formula is C9H12BrCl2NO2S2. The minimum Gasteiger partial charge on any atom is -0.207 e. The molecule has 1 heterocycles. The van der Waals surface area contributed by atoms with Gasteiger partial charge in [0.05, 0.1) is 8.68 Å². The minimum absolute atomic E-state index is 0.250. The van der Waals surface area contributed by atoms with Crippen LogP contribution in [0.3, 0.4) is 0 Å². The van der Waals surface area contributed by atoms with E-state index in [0.29, 0.717) is 4.90 Å². The van der Waals surface area contributed by atoms with Crippen LogP contribution < -0.4 is 0 Å². The van der Waals surface area contributed by atoms with Crippen molar-refractivity contribution in [1.82, 2.24) is 4.31 Å². The zero-order valence-electron chi connectivity index (χ0n) is 9.12. The summed E-state index contributed by atoms with van der Waals surface area (Å²) >= 11 is 15.9. The summed E-state index contributed by atoms with van der Waals surface area (Å²) in [6.45, 7) is 2.31. The number of thiophene rings is 1. The van der Waals surface area contributed by atoms with E-state index in [-0.39, 0.29) is 24.8 Å². The van der Waals surface area contributed by atoms with Crippen LogP contribution in [0.1, 0.15) is 4.88 Å². The normalized spacial score (nSPS) is 12.3. The highest BCUT2D eigenvalue weighted by Gasteiger charge is 2.26. The fourth-order valence-electron chi connectivity index (χ4n) is 1.37. The zero-order valence-corrected chi connectivity index (χ0v) is 13.9. The van der Waals surface area contributed by atoms with Gasteiger partial charge in [0, 0.05) is 29.7 Å². The highest BCUT2D eigenvalue weighted by molar-refractivity contribution is 9.11. The van der Waals surface area contributed by atoms with Crippen LogP contribution in [0, 0.1) is 6.92 Å². The monoisotopic (exact) mass is 379 g/mol. The number of hydrogen-bond acceptors (Lipinski definition) is 3. The summed E-state index contributed by atoms with van der Waals surface area (Å²) in [7, 11) is -3.49. The summed E-state index contributed by atoms with van der Waals surface area (Å²) in [5.74, 6) is 0.501. The molecule has 0 bridgehead atoms. The highest BCUT2D eigenvalue weighted by Crippen LogP contribution is 2.31. The number of aryl methyl sites for hydroxylation is 1. The first-order valence-corrected chi connectivity index (χ1v) is 8.93. The van der Waals surface area contributed by atoms with Gasteiger partial charge in [-0.3, -0.25) is 0 Å². The van der Waals surface area contributed by atoms with Crippen molar-refractivity contribution in [3.8, 4) is 0 Å². The average molecular weight is 381 g/mol. The van der Waals surface area contributed by atoms with Gasteiger partial charge in [-0.05, 0) is 28.9 Å². The van der Waals surface area contributed by atoms with Gasteiger partial charge in [-0.1, -0.05) is 0 Å². The van der Waals surface area contributed by atoms with E-state index < -0.39 is 10.0 Å². The molecule has 0 saturated heterocycles. The molecule has 0 aromatic carbocycles. The van der Waals surface area contributed by atoms with Gasteiger partial charge in [-0.15, -0.1) is 34.5 Å². The summed E-state index contributed by atoms with van der Waals surface area (Å²) in [6.07, 6.45) is 0. The SMILES string of the molecule is Cc1sc(Br)cc1S(=O)(=O)N(CCCl)CCCl. The van der Waals surface area contributed by atoms with Crippen LogP contribution in [-0.4, -0.2) is 37.6 Å². The van der Waals surface area contributed by atoms with Gasteiger partial charge in [-0.25, -0.2) is 8.42 Å². The van der Waals surface area contributed by atoms with Crippen molar-refractivity contribution in [2.24, 2.45) is 0 Å². The molecule has 98 valence electrons. The van der Waals surface area contributed by atoms with E-state index in [0.717, 1.165) is 8.66 Å². The number of sulfonamides is 1. The lowest BCUT2D eigenvalue weighted by Crippen LogP contribution is -2.34. The molecule has 0 N–H and O–H groups in total. The lowest BCUT2D eigenvalue weighted by Gasteiger charge is -2.19. The highest BCUT2D eigenvalue weighted by atomic mass is 79.9. The van der Waals surface area contributed by atoms with Crippen LogP contribution in [-0.2, 0) is 10.0 Å². The molecule has 17 heavy (non-hydrogen) atoms. The van der Waals surface area contributed by atoms with Crippen molar-refractivity contribution in [3.05, 3.63) is 14.7 Å². The largest absolute Gasteiger partial charge is 0.244 e. The molecule has 3 nitrogen and oxygen atoms in total. The van der Waals surface area contributed by atoms with Crippen LogP contribution in [0.5, 0.6) is 0 Å². The molecule has 0 amide bonds. The number of nitrogens with zero attached hydrogens (tertiary/aromatic N) is 1. The van der Waals surface area contributed by atoms with Gasteiger partial charge >= 0.3 is 0 Å². The van der Waals surface area contributed by atoms with E-state index in [1.807, 2.05) is 0 Å². The third kappa shape index (κ3) is 3.81. The van der Waals surface area contributed by atoms with E-state index >= 15 is 0 Å². The Kier molecular flexibility index (Phi) is 6.22. The minimum atomic E-state index is -3.49. The maximum absolute atomic E-state index is 12.3. The molecule has 0 aliphatic carbocycles. The van der Waals surface area contributed by atoms with Crippen LogP contribution in [0.25, 0.3) is 0 Å². The first-order valence-electron chi connectivity index (χ1n) is 4.81. The van der Waals surface area contributed by atoms with E-state index in [9.17, 15) is 8.42 Å². The Labute approximate surface area is 124 Å². The van der Waals surface area contributed by atoms with Gasteiger partial charge in [0.25, 0.3) is 0 Å². The zero-order chi connectivity index (χ0) is 13.1. The molecule has 0 saturated carbocycles. The Hall–Kier alpha value is 0.670. The number of hydrogen-bond donors (Lipinski definition) is 0. The first kappa shape index (κ1) is 15.7. The lowest BCUT2D eigenvalue weighted by molar-refractivity contribution is 0.448. The Morgan fingerprint density at radius 2 is 1.88 bits per heavy atom. The summed E-state index contributed by atoms with van der Waals surface area (Å²) in [6, 6.07) is 1.62. The lowest BCUT2D eigenvalue weighted by atomic mass is 10.5. The smallest absolute Gasteiger partial charge is 0.207 e. The standard InChI is InChI=1S/C9H12BrCl2NO2S2/c1-7-8(6-9(10)16-7)17(14,15)13(4-2-11)5-3-12/h6H,2-5H2,1H3. The summed E-state index contributed by atoms with van der Waals surface area (Å²) in [5.41, 5.74) is 0. The molecule has 1 aromatic heterocycles. The van der Waals surface area contributed by atoms with E-state index in [2.05, 4.69) is 15.9 Å². The first-order chi connectivity index (χ1) is 7.93. The summed E-state index contributed by atoms with van der Waals surface area (Å²) < 4.78 is 26.8. The van der Waals surface area contributed by atoms with Crippen molar-refractivity contribution in [1.29, 1.82) is 0 Å². The predicted octanol–water partition coefficient (Wildman–Crippen LogP) is 3.29. The Morgan fingerprint density at radius 3 is 2.24 bits per heavy atom. The molecule has 0 radical (unpaired) electrons. The van der Waals surface area contributed by atoms with Crippen molar-refractivity contribution >= 4 is 60.5 Å². The van der Waals surface area contributed by atoms with Crippen molar-refractivity contribution < 1.29 is 8.42 Å². The maximum atomic E-state index is 12.3. The van der Waals surface area contributed by atoms with E-state index in [1.165, 1.54) is 15.6 Å². The molecule has 1 aromatic rings. The van der Waals surface area contributed by atoms with Crippen LogP contribution in [0.2, 0.25) is 0 Å². The molecule has 0 aliphatic rings. The predicted molar refractivity (Wildman–Crippen MR) is 77.0 cm³/mol. The molecular weight excluding hydrogens is 369 g/mol. The molecule has 0 atom stereocenters. The van der Waals surface area contributed by atoms with E-state index in [1.54, 1.807) is 13.0 Å².